The summed E-state index contributed by atoms with van der Waals surface area (Å²) in [6.45, 7) is 0. The molecular formula is C61H40Br2INS2. The van der Waals surface area contributed by atoms with Crippen LogP contribution in [0.1, 0.15) is 11.1 Å². The van der Waals surface area contributed by atoms with Crippen LogP contribution in [0.2, 0.25) is 0 Å². The predicted octanol–water partition coefficient (Wildman–Crippen LogP) is 20.3. The van der Waals surface area contributed by atoms with Gasteiger partial charge in [0.05, 0.1) is 0 Å². The number of para-hydroxylation sites is 1. The zero-order valence-electron chi connectivity index (χ0n) is 36.0. The summed E-state index contributed by atoms with van der Waals surface area (Å²) in [6.07, 6.45) is 1.02. The minimum absolute atomic E-state index is 1.02. The molecule has 0 N–H and O–H groups in total. The van der Waals surface area contributed by atoms with Gasteiger partial charge in [-0.3, -0.25) is 0 Å². The quantitative estimate of drug-likeness (QED) is 0.155. The van der Waals surface area contributed by atoms with Gasteiger partial charge in [0, 0.05) is 69.9 Å². The molecule has 1 aliphatic carbocycles. The van der Waals surface area contributed by atoms with E-state index in [-0.39, 0.29) is 0 Å². The van der Waals surface area contributed by atoms with Crippen molar-refractivity contribution in [2.24, 2.45) is 0 Å². The third-order valence-electron chi connectivity index (χ3n) is 12.2. The van der Waals surface area contributed by atoms with Crippen LogP contribution in [0.3, 0.4) is 0 Å². The molecule has 0 spiro atoms. The Kier molecular flexibility index (Phi) is 12.6. The number of halogens is 3. The van der Waals surface area contributed by atoms with Crippen LogP contribution < -0.4 is 4.90 Å². The maximum Gasteiger partial charge on any atom is 0.0472 e. The number of rotatable bonds is 5. The molecule has 13 rings (SSSR count). The van der Waals surface area contributed by atoms with E-state index in [4.69, 9.17) is 0 Å². The van der Waals surface area contributed by atoms with Gasteiger partial charge in [0.2, 0.25) is 0 Å². The second-order valence-electron chi connectivity index (χ2n) is 16.5. The van der Waals surface area contributed by atoms with Crippen molar-refractivity contribution in [2.75, 3.05) is 4.90 Å². The average molecular weight is 1140 g/mol. The van der Waals surface area contributed by atoms with E-state index in [1.54, 1.807) is 0 Å². The van der Waals surface area contributed by atoms with Crippen LogP contribution in [-0.2, 0) is 6.42 Å². The summed E-state index contributed by atoms with van der Waals surface area (Å²) >= 11 is 13.3. The Morgan fingerprint density at radius 2 is 0.806 bits per heavy atom. The number of hydrogen-bond acceptors (Lipinski definition) is 3. The topological polar surface area (TPSA) is 3.24 Å². The molecule has 0 radical (unpaired) electrons. The average Bonchev–Trinajstić information content (AvgIpc) is 4.05. The molecule has 2 heterocycles. The maximum atomic E-state index is 3.64. The van der Waals surface area contributed by atoms with E-state index in [0.717, 1.165) is 32.4 Å². The molecule has 1 aliphatic rings. The van der Waals surface area contributed by atoms with E-state index in [0.29, 0.717) is 0 Å². The number of fused-ring (bicyclic) bond motifs is 9. The Morgan fingerprint density at radius 1 is 0.343 bits per heavy atom. The highest BCUT2D eigenvalue weighted by Crippen LogP contribution is 2.43. The number of nitrogens with zero attached hydrogens (tertiary/aromatic N) is 1. The van der Waals surface area contributed by atoms with E-state index in [2.05, 4.69) is 272 Å². The molecule has 12 aromatic rings. The summed E-state index contributed by atoms with van der Waals surface area (Å²) in [5.41, 5.74) is 14.0. The SMILES string of the molecule is Brc1ccc2c(c1)Cc1cc(-c3ccc4sc5ccccc5c4c3)ccc1-2.Brc1cccc(N(c2ccccc2)c2cccc(-c3ccc4sc5ccccc5c4c3)c2)c1.Ic1ccccc1. The summed E-state index contributed by atoms with van der Waals surface area (Å²) in [5, 5.41) is 5.37. The highest BCUT2D eigenvalue weighted by atomic mass is 127. The fraction of sp³-hybridized carbons (Fsp3) is 0.0164. The van der Waals surface area contributed by atoms with Gasteiger partial charge in [0.25, 0.3) is 0 Å². The fourth-order valence-electron chi connectivity index (χ4n) is 9.05. The Balaban J connectivity index is 0.000000131. The summed E-state index contributed by atoms with van der Waals surface area (Å²) < 4.78 is 8.90. The summed E-state index contributed by atoms with van der Waals surface area (Å²) in [4.78, 5) is 2.30. The van der Waals surface area contributed by atoms with Gasteiger partial charge < -0.3 is 4.90 Å². The highest BCUT2D eigenvalue weighted by molar-refractivity contribution is 14.1. The van der Waals surface area contributed by atoms with Crippen molar-refractivity contribution >= 4 is 135 Å². The first-order valence-corrected chi connectivity index (χ1v) is 26.4. The van der Waals surface area contributed by atoms with Crippen LogP contribution in [0.15, 0.2) is 239 Å². The van der Waals surface area contributed by atoms with Crippen LogP contribution in [0.25, 0.3) is 73.7 Å². The molecule has 0 bridgehead atoms. The minimum Gasteiger partial charge on any atom is -0.310 e. The van der Waals surface area contributed by atoms with Crippen LogP contribution in [0, 0.1) is 3.57 Å². The zero-order valence-corrected chi connectivity index (χ0v) is 43.0. The molecule has 6 heteroatoms. The van der Waals surface area contributed by atoms with E-state index in [9.17, 15) is 0 Å². The third kappa shape index (κ3) is 9.26. The molecule has 0 saturated heterocycles. The van der Waals surface area contributed by atoms with Crippen LogP contribution >= 0.6 is 77.1 Å². The summed E-state index contributed by atoms with van der Waals surface area (Å²) in [5.74, 6) is 0. The summed E-state index contributed by atoms with van der Waals surface area (Å²) in [7, 11) is 0. The largest absolute Gasteiger partial charge is 0.310 e. The Bertz CT molecular complexity index is 3730. The third-order valence-corrected chi connectivity index (χ3v) is 16.2. The van der Waals surface area contributed by atoms with Crippen molar-refractivity contribution in [3.05, 3.63) is 254 Å². The fourth-order valence-corrected chi connectivity index (χ4v) is 12.4. The van der Waals surface area contributed by atoms with Crippen molar-refractivity contribution in [3.63, 3.8) is 0 Å². The molecule has 0 amide bonds. The lowest BCUT2D eigenvalue weighted by molar-refractivity contribution is 1.26. The van der Waals surface area contributed by atoms with Gasteiger partial charge in [-0.25, -0.2) is 0 Å². The Labute approximate surface area is 429 Å². The van der Waals surface area contributed by atoms with Gasteiger partial charge in [-0.05, 0) is 177 Å². The van der Waals surface area contributed by atoms with Gasteiger partial charge in [-0.1, -0.05) is 159 Å². The van der Waals surface area contributed by atoms with Crippen molar-refractivity contribution < 1.29 is 0 Å². The standard InChI is InChI=1S/C30H20BrNS.C25H15BrS.C6H5I/c31-23-9-7-13-26(20-23)32(24-10-2-1-3-11-24)25-12-6-8-21(18-25)22-16-17-30-28(19-22)27-14-4-5-15-29(27)33-30;26-19-7-9-21-18(13-19)12-17-11-15(5-8-20(17)21)16-6-10-25-23(14-16)22-3-1-2-4-24(22)27-25;7-6-4-2-1-3-5-6/h1-20H;1-11,13-14H,12H2;1-5H. The molecule has 0 fully saturated rings. The first-order valence-electron chi connectivity index (χ1n) is 22.1. The van der Waals surface area contributed by atoms with E-state index in [1.165, 1.54) is 88.4 Å². The van der Waals surface area contributed by atoms with Crippen molar-refractivity contribution in [2.45, 2.75) is 6.42 Å². The zero-order chi connectivity index (χ0) is 45.3. The molecule has 0 unspecified atom stereocenters. The normalized spacial score (nSPS) is 11.4. The smallest absolute Gasteiger partial charge is 0.0472 e. The second kappa shape index (κ2) is 19.4. The molecule has 67 heavy (non-hydrogen) atoms. The number of benzene rings is 10. The van der Waals surface area contributed by atoms with Crippen LogP contribution in [0.5, 0.6) is 0 Å². The van der Waals surface area contributed by atoms with Crippen LogP contribution in [0.4, 0.5) is 17.1 Å². The summed E-state index contributed by atoms with van der Waals surface area (Å²) in [6, 6.07) is 82.6. The van der Waals surface area contributed by atoms with E-state index < -0.39 is 0 Å². The Morgan fingerprint density at radius 3 is 1.42 bits per heavy atom. The first-order chi connectivity index (χ1) is 32.9. The lowest BCUT2D eigenvalue weighted by Crippen LogP contribution is -2.09. The molecule has 0 saturated carbocycles. The lowest BCUT2D eigenvalue weighted by Gasteiger charge is -2.26. The molecule has 322 valence electrons. The van der Waals surface area contributed by atoms with Gasteiger partial charge in [0.15, 0.2) is 0 Å². The number of anilines is 3. The van der Waals surface area contributed by atoms with Crippen molar-refractivity contribution in [1.82, 2.24) is 0 Å². The predicted molar refractivity (Wildman–Crippen MR) is 307 cm³/mol. The van der Waals surface area contributed by atoms with E-state index in [1.807, 2.05) is 40.9 Å². The minimum atomic E-state index is 1.02. The molecule has 0 aliphatic heterocycles. The highest BCUT2D eigenvalue weighted by Gasteiger charge is 2.20. The molecule has 0 atom stereocenters. The number of hydrogen-bond donors (Lipinski definition) is 0. The van der Waals surface area contributed by atoms with Gasteiger partial charge in [-0.2, -0.15) is 0 Å². The Hall–Kier alpha value is -5.87. The van der Waals surface area contributed by atoms with Gasteiger partial charge >= 0.3 is 0 Å². The lowest BCUT2D eigenvalue weighted by atomic mass is 9.98. The second-order valence-corrected chi connectivity index (χ2v) is 21.7. The van der Waals surface area contributed by atoms with Crippen LogP contribution in [-0.4, -0.2) is 0 Å². The van der Waals surface area contributed by atoms with Gasteiger partial charge in [0.1, 0.15) is 0 Å². The molecule has 1 nitrogen and oxygen atoms in total. The van der Waals surface area contributed by atoms with E-state index >= 15 is 0 Å². The number of thiophene rings is 2. The maximum absolute atomic E-state index is 3.64. The van der Waals surface area contributed by atoms with Crippen molar-refractivity contribution in [3.8, 4) is 33.4 Å². The van der Waals surface area contributed by atoms with Crippen molar-refractivity contribution in [1.29, 1.82) is 0 Å². The van der Waals surface area contributed by atoms with Gasteiger partial charge in [-0.15, -0.1) is 22.7 Å². The molecular weight excluding hydrogens is 1100 g/mol. The first kappa shape index (κ1) is 43.7. The monoisotopic (exact) mass is 1140 g/mol. The molecule has 2 aromatic heterocycles. The molecule has 10 aromatic carbocycles.